The fourth-order valence-electron chi connectivity index (χ4n) is 7.34. The smallest absolute Gasteiger partial charge is 0.217 e. The first-order valence-electron chi connectivity index (χ1n) is 19.5. The third kappa shape index (κ3) is 11.9. The van der Waals surface area contributed by atoms with Crippen LogP contribution in [0.5, 0.6) is 0 Å². The van der Waals surface area contributed by atoms with E-state index in [4.69, 9.17) is 37.9 Å². The first-order valence-corrected chi connectivity index (χ1v) is 19.5. The average molecular weight is 843 g/mol. The van der Waals surface area contributed by atoms with Crippen LogP contribution in [0.4, 0.5) is 0 Å². The number of unbranched alkanes of at least 4 members (excludes halogenated alkanes) is 4. The van der Waals surface area contributed by atoms with Crippen molar-refractivity contribution in [2.75, 3.05) is 26.4 Å². The number of allylic oxidation sites excluding steroid dienone is 1. The first kappa shape index (κ1) is 48.6. The molecule has 0 bridgehead atoms. The van der Waals surface area contributed by atoms with Crippen molar-refractivity contribution in [3.63, 3.8) is 0 Å². The maximum atomic E-state index is 12.3. The highest BCUT2D eigenvalue weighted by atomic mass is 16.8. The molecular weight excluding hydrogens is 780 g/mol. The number of ether oxygens (including phenoxy) is 8. The van der Waals surface area contributed by atoms with Gasteiger partial charge >= 0.3 is 0 Å². The van der Waals surface area contributed by atoms with Gasteiger partial charge in [-0.1, -0.05) is 18.9 Å². The predicted octanol–water partition coefficient (Wildman–Crippen LogP) is -5.27. The van der Waals surface area contributed by atoms with Crippen LogP contribution in [-0.4, -0.2) is 212 Å². The normalized spacial score (nSPS) is 43.4. The van der Waals surface area contributed by atoms with Crippen LogP contribution in [0.3, 0.4) is 0 Å². The zero-order valence-electron chi connectivity index (χ0n) is 32.8. The van der Waals surface area contributed by atoms with E-state index in [0.29, 0.717) is 6.42 Å². The summed E-state index contributed by atoms with van der Waals surface area (Å²) in [6, 6.07) is -2.82. The Kier molecular flexibility index (Phi) is 19.0. The lowest BCUT2D eigenvalue weighted by molar-refractivity contribution is -0.398. The molecule has 336 valence electrons. The standard InChI is InChI=1S/C36H62N2O20/c1-5-6-7-8-9-10-11-51-33-22(38-17(4)43)27(48)30(20(14-41)55-33)56-36-32(58-35-29(50)28(49)23(44)15(2)52-35)31(25(46)19(13-40)54-36)57-34-21(37-16(3)42)26(47)24(45)18(12-39)53-34/h5,15,18-36,39-41,44-50H,1,6-14H2,2-4H3,(H,37,42)(H,38,43)/t15-,18+,19+,20+,21+,22+,23+,24-,25-,26+,27+,28+,29-,30+,31-,32+,33+,34+,35-,36-/m0/s1. The summed E-state index contributed by atoms with van der Waals surface area (Å²) in [5, 5.41) is 112. The van der Waals surface area contributed by atoms with Crippen molar-refractivity contribution in [3.8, 4) is 0 Å². The van der Waals surface area contributed by atoms with E-state index in [9.17, 15) is 60.7 Å². The van der Waals surface area contributed by atoms with E-state index in [1.807, 2.05) is 6.08 Å². The number of amides is 2. The summed E-state index contributed by atoms with van der Waals surface area (Å²) in [5.41, 5.74) is 0. The number of aliphatic hydroxyl groups is 10. The van der Waals surface area contributed by atoms with E-state index in [1.54, 1.807) is 0 Å². The largest absolute Gasteiger partial charge is 0.394 e. The maximum absolute atomic E-state index is 12.3. The van der Waals surface area contributed by atoms with Crippen LogP contribution in [0.15, 0.2) is 12.7 Å². The minimum absolute atomic E-state index is 0.177. The van der Waals surface area contributed by atoms with Crippen molar-refractivity contribution in [2.45, 2.75) is 176 Å². The van der Waals surface area contributed by atoms with E-state index < -0.39 is 154 Å². The highest BCUT2D eigenvalue weighted by Gasteiger charge is 2.57. The van der Waals surface area contributed by atoms with Gasteiger partial charge in [0.05, 0.1) is 25.9 Å². The van der Waals surface area contributed by atoms with E-state index in [1.165, 1.54) is 13.8 Å². The number of aliphatic hydroxyl groups excluding tert-OH is 10. The lowest BCUT2D eigenvalue weighted by Gasteiger charge is -2.51. The van der Waals surface area contributed by atoms with Gasteiger partial charge in [-0.15, -0.1) is 6.58 Å². The molecule has 4 rings (SSSR count). The first-order chi connectivity index (χ1) is 27.6. The Morgan fingerprint density at radius 3 is 1.71 bits per heavy atom. The second-order valence-corrected chi connectivity index (χ2v) is 14.9. The molecule has 0 aromatic heterocycles. The predicted molar refractivity (Wildman–Crippen MR) is 193 cm³/mol. The molecule has 0 aromatic rings. The monoisotopic (exact) mass is 842 g/mol. The Bertz CT molecular complexity index is 1290. The van der Waals surface area contributed by atoms with Crippen molar-refractivity contribution in [3.05, 3.63) is 12.7 Å². The van der Waals surface area contributed by atoms with Gasteiger partial charge in [-0.25, -0.2) is 0 Å². The second-order valence-electron chi connectivity index (χ2n) is 14.9. The summed E-state index contributed by atoms with van der Waals surface area (Å²) >= 11 is 0. The summed E-state index contributed by atoms with van der Waals surface area (Å²) in [7, 11) is 0. The molecular formula is C36H62N2O20. The molecule has 0 aromatic carbocycles. The van der Waals surface area contributed by atoms with Crippen LogP contribution in [0, 0.1) is 0 Å². The molecule has 12 N–H and O–H groups in total. The Labute approximate surface area is 335 Å². The molecule has 0 radical (unpaired) electrons. The molecule has 22 nitrogen and oxygen atoms in total. The van der Waals surface area contributed by atoms with Gasteiger partial charge in [0.15, 0.2) is 25.2 Å². The van der Waals surface area contributed by atoms with E-state index in [-0.39, 0.29) is 6.61 Å². The Morgan fingerprint density at radius 1 is 0.569 bits per heavy atom. The van der Waals surface area contributed by atoms with Gasteiger partial charge in [0, 0.05) is 20.5 Å². The van der Waals surface area contributed by atoms with Gasteiger partial charge in [-0.3, -0.25) is 9.59 Å². The molecule has 20 atom stereocenters. The van der Waals surface area contributed by atoms with Gasteiger partial charge in [-0.05, 0) is 26.2 Å². The molecule has 2 amide bonds. The minimum Gasteiger partial charge on any atom is -0.394 e. The van der Waals surface area contributed by atoms with E-state index in [0.717, 1.165) is 32.6 Å². The molecule has 4 fully saturated rings. The molecule has 0 saturated carbocycles. The van der Waals surface area contributed by atoms with Gasteiger partial charge in [0.25, 0.3) is 0 Å². The molecule has 0 spiro atoms. The second kappa shape index (κ2) is 22.7. The van der Waals surface area contributed by atoms with Crippen LogP contribution in [0.25, 0.3) is 0 Å². The molecule has 0 aliphatic carbocycles. The topological polar surface area (TPSA) is 334 Å². The Morgan fingerprint density at radius 2 is 1.10 bits per heavy atom. The Balaban J connectivity index is 1.69. The quantitative estimate of drug-likeness (QED) is 0.0427. The van der Waals surface area contributed by atoms with Crippen LogP contribution < -0.4 is 10.6 Å². The van der Waals surface area contributed by atoms with Crippen molar-refractivity contribution in [1.29, 1.82) is 0 Å². The maximum Gasteiger partial charge on any atom is 0.217 e. The average Bonchev–Trinajstić information content (AvgIpc) is 3.18. The molecule has 4 aliphatic rings. The zero-order chi connectivity index (χ0) is 42.8. The number of nitrogens with one attached hydrogen (secondary N) is 2. The highest BCUT2D eigenvalue weighted by Crippen LogP contribution is 2.36. The summed E-state index contributed by atoms with van der Waals surface area (Å²) < 4.78 is 47.7. The summed E-state index contributed by atoms with van der Waals surface area (Å²) in [6.45, 7) is 5.04. The van der Waals surface area contributed by atoms with Gasteiger partial charge < -0.3 is 99.6 Å². The van der Waals surface area contributed by atoms with Crippen molar-refractivity contribution in [1.82, 2.24) is 10.6 Å². The van der Waals surface area contributed by atoms with Gasteiger partial charge in [-0.2, -0.15) is 0 Å². The van der Waals surface area contributed by atoms with Crippen molar-refractivity contribution in [2.24, 2.45) is 0 Å². The van der Waals surface area contributed by atoms with Crippen LogP contribution in [-0.2, 0) is 47.5 Å². The fraction of sp³-hybridized carbons (Fsp3) is 0.889. The van der Waals surface area contributed by atoms with Crippen molar-refractivity contribution < 1.29 is 98.5 Å². The van der Waals surface area contributed by atoms with E-state index >= 15 is 0 Å². The van der Waals surface area contributed by atoms with E-state index in [2.05, 4.69) is 17.2 Å². The third-order valence-electron chi connectivity index (χ3n) is 10.5. The SMILES string of the molecule is C=CCCCCCCO[C@@H]1O[C@H](CO)[C@@H](O[C@@H]2O[C@H](CO)[C@H](O)[C@H](O[C@H]3O[C@H](CO)[C@H](O)[C@H](O)[C@H]3NC(C)=O)[C@H]2O[C@@H]2O[C@@H](C)[C@@H](O)[C@@H](O)[C@@H]2O)[C@H](O)[C@H]1NC(C)=O. The molecule has 4 saturated heterocycles. The number of carbonyl (C=O) groups is 2. The van der Waals surface area contributed by atoms with Crippen LogP contribution in [0.2, 0.25) is 0 Å². The number of hydrogen-bond acceptors (Lipinski definition) is 20. The van der Waals surface area contributed by atoms with Crippen LogP contribution >= 0.6 is 0 Å². The number of rotatable bonds is 19. The summed E-state index contributed by atoms with van der Waals surface area (Å²) in [5.74, 6) is -1.28. The molecule has 22 heteroatoms. The molecule has 58 heavy (non-hydrogen) atoms. The van der Waals surface area contributed by atoms with Gasteiger partial charge in [0.1, 0.15) is 91.4 Å². The molecule has 4 aliphatic heterocycles. The number of hydrogen-bond donors (Lipinski definition) is 12. The number of carbonyl (C=O) groups excluding carboxylic acids is 2. The van der Waals surface area contributed by atoms with Gasteiger partial charge in [0.2, 0.25) is 11.8 Å². The summed E-state index contributed by atoms with van der Waals surface area (Å²) in [6.07, 6.45) is -23.9. The molecule has 4 heterocycles. The Hall–Kier alpha value is -2.04. The fourth-order valence-corrected chi connectivity index (χ4v) is 7.34. The highest BCUT2D eigenvalue weighted by molar-refractivity contribution is 5.73. The lowest BCUT2D eigenvalue weighted by Crippen LogP contribution is -2.70. The molecule has 0 unspecified atom stereocenters. The zero-order valence-corrected chi connectivity index (χ0v) is 32.8. The van der Waals surface area contributed by atoms with Crippen molar-refractivity contribution >= 4 is 11.8 Å². The lowest BCUT2D eigenvalue weighted by atomic mass is 9.94. The minimum atomic E-state index is -1.94. The third-order valence-corrected chi connectivity index (χ3v) is 10.5. The van der Waals surface area contributed by atoms with Crippen LogP contribution in [0.1, 0.15) is 52.9 Å². The summed E-state index contributed by atoms with van der Waals surface area (Å²) in [4.78, 5) is 24.5.